The predicted octanol–water partition coefficient (Wildman–Crippen LogP) is 4.29. The molecule has 1 aliphatic rings. The fourth-order valence-corrected chi connectivity index (χ4v) is 5.88. The van der Waals surface area contributed by atoms with Crippen molar-refractivity contribution in [2.24, 2.45) is 0 Å². The number of nitrogens with one attached hydrogen (secondary N) is 1. The standard InChI is InChI=1S/C32H35N7O2/c1-22-19-23(2)29-25(20-22)21-28(32(40)33-29)30(31-34-35-36-39(31)14-13-24-7-5-4-6-8-24)38-17-15-37(16-18-38)26-9-11-27(41-3)12-10-26/h4-12,19-21,30H,13-18H2,1-3H3,(H,33,40)/t30-/m0/s1. The Hall–Kier alpha value is -4.50. The molecule has 9 nitrogen and oxygen atoms in total. The third-order valence-electron chi connectivity index (χ3n) is 7.99. The molecule has 9 heteroatoms. The zero-order valence-corrected chi connectivity index (χ0v) is 23.7. The summed E-state index contributed by atoms with van der Waals surface area (Å²) < 4.78 is 7.19. The number of piperazine rings is 1. The minimum absolute atomic E-state index is 0.107. The second kappa shape index (κ2) is 11.5. The van der Waals surface area contributed by atoms with E-state index in [4.69, 9.17) is 4.74 Å². The third-order valence-corrected chi connectivity index (χ3v) is 7.99. The predicted molar refractivity (Wildman–Crippen MR) is 161 cm³/mol. The van der Waals surface area contributed by atoms with Gasteiger partial charge in [0.2, 0.25) is 0 Å². The first-order valence-electron chi connectivity index (χ1n) is 14.1. The fourth-order valence-electron chi connectivity index (χ4n) is 5.88. The molecule has 0 amide bonds. The third kappa shape index (κ3) is 5.58. The molecule has 0 bridgehead atoms. The Morgan fingerprint density at radius 2 is 1.71 bits per heavy atom. The van der Waals surface area contributed by atoms with Crippen LogP contribution in [0.1, 0.15) is 34.1 Å². The molecule has 0 spiro atoms. The van der Waals surface area contributed by atoms with E-state index in [9.17, 15) is 4.79 Å². The highest BCUT2D eigenvalue weighted by atomic mass is 16.5. The van der Waals surface area contributed by atoms with Gasteiger partial charge in [0.05, 0.1) is 12.6 Å². The van der Waals surface area contributed by atoms with Crippen molar-refractivity contribution >= 4 is 16.6 Å². The van der Waals surface area contributed by atoms with Crippen molar-refractivity contribution in [2.45, 2.75) is 32.9 Å². The average molecular weight is 550 g/mol. The summed E-state index contributed by atoms with van der Waals surface area (Å²) in [7, 11) is 1.68. The molecule has 6 rings (SSSR count). The molecule has 5 aromatic rings. The lowest BCUT2D eigenvalue weighted by Gasteiger charge is -2.39. The number of benzene rings is 3. The number of rotatable bonds is 8. The van der Waals surface area contributed by atoms with Crippen molar-refractivity contribution < 1.29 is 4.74 Å². The summed E-state index contributed by atoms with van der Waals surface area (Å²) in [5.41, 5.74) is 6.01. The number of anilines is 1. The topological polar surface area (TPSA) is 92.2 Å². The number of aryl methyl sites for hydroxylation is 4. The van der Waals surface area contributed by atoms with Gasteiger partial charge in [-0.05, 0) is 83.6 Å². The maximum absolute atomic E-state index is 13.7. The molecule has 1 N–H and O–H groups in total. The van der Waals surface area contributed by atoms with Gasteiger partial charge in [-0.1, -0.05) is 42.0 Å². The molecule has 2 aromatic heterocycles. The quantitative estimate of drug-likeness (QED) is 0.309. The van der Waals surface area contributed by atoms with Crippen LogP contribution in [-0.2, 0) is 13.0 Å². The number of nitrogens with zero attached hydrogens (tertiary/aromatic N) is 6. The van der Waals surface area contributed by atoms with Gasteiger partial charge in [0.15, 0.2) is 5.82 Å². The average Bonchev–Trinajstić information content (AvgIpc) is 3.46. The van der Waals surface area contributed by atoms with E-state index in [1.165, 1.54) is 5.56 Å². The molecule has 1 atom stereocenters. The van der Waals surface area contributed by atoms with Gasteiger partial charge < -0.3 is 14.6 Å². The first-order chi connectivity index (χ1) is 20.0. The van der Waals surface area contributed by atoms with Crippen molar-refractivity contribution in [3.05, 3.63) is 111 Å². The molecule has 1 saturated heterocycles. The number of methoxy groups -OCH3 is 1. The Morgan fingerprint density at radius 1 is 0.951 bits per heavy atom. The van der Waals surface area contributed by atoms with Crippen LogP contribution in [0.15, 0.2) is 77.6 Å². The molecule has 0 radical (unpaired) electrons. The number of H-pyrrole nitrogens is 1. The zero-order valence-electron chi connectivity index (χ0n) is 23.7. The smallest absolute Gasteiger partial charge is 0.253 e. The highest BCUT2D eigenvalue weighted by molar-refractivity contribution is 5.83. The summed E-state index contributed by atoms with van der Waals surface area (Å²) in [5, 5.41) is 14.0. The number of tetrazole rings is 1. The second-order valence-corrected chi connectivity index (χ2v) is 10.7. The van der Waals surface area contributed by atoms with Crippen LogP contribution in [0.5, 0.6) is 5.75 Å². The van der Waals surface area contributed by atoms with Gasteiger partial charge in [-0.15, -0.1) is 5.10 Å². The van der Waals surface area contributed by atoms with E-state index in [2.05, 4.69) is 73.6 Å². The van der Waals surface area contributed by atoms with Crippen LogP contribution in [0.4, 0.5) is 5.69 Å². The minimum atomic E-state index is -0.382. The van der Waals surface area contributed by atoms with Crippen LogP contribution in [-0.4, -0.2) is 63.4 Å². The normalized spacial score (nSPS) is 14.9. The Bertz CT molecular complexity index is 1690. The van der Waals surface area contributed by atoms with Crippen molar-refractivity contribution in [1.82, 2.24) is 30.1 Å². The highest BCUT2D eigenvalue weighted by Gasteiger charge is 2.33. The van der Waals surface area contributed by atoms with E-state index in [0.29, 0.717) is 17.9 Å². The van der Waals surface area contributed by atoms with Crippen LogP contribution >= 0.6 is 0 Å². The van der Waals surface area contributed by atoms with E-state index in [1.54, 1.807) is 7.11 Å². The van der Waals surface area contributed by atoms with E-state index >= 15 is 0 Å². The molecule has 1 aliphatic heterocycles. The monoisotopic (exact) mass is 549 g/mol. The number of hydrogen-bond donors (Lipinski definition) is 1. The Kier molecular flexibility index (Phi) is 7.52. The SMILES string of the molecule is COc1ccc(N2CCN([C@@H](c3cc4cc(C)cc(C)c4[nH]c3=O)c3nnnn3CCc3ccccc3)CC2)cc1. The summed E-state index contributed by atoms with van der Waals surface area (Å²) in [5.74, 6) is 1.53. The van der Waals surface area contributed by atoms with E-state index in [-0.39, 0.29) is 11.6 Å². The summed E-state index contributed by atoms with van der Waals surface area (Å²) in [6.45, 7) is 7.88. The number of pyridine rings is 1. The fraction of sp³-hybridized carbons (Fsp3) is 0.312. The molecule has 3 heterocycles. The molecule has 210 valence electrons. The van der Waals surface area contributed by atoms with Gasteiger partial charge in [-0.25, -0.2) is 4.68 Å². The molecule has 41 heavy (non-hydrogen) atoms. The Balaban J connectivity index is 1.35. The minimum Gasteiger partial charge on any atom is -0.497 e. The van der Waals surface area contributed by atoms with Gasteiger partial charge in [-0.2, -0.15) is 0 Å². The van der Waals surface area contributed by atoms with Gasteiger partial charge in [0.1, 0.15) is 11.8 Å². The number of ether oxygens (including phenoxy) is 1. The van der Waals surface area contributed by atoms with Crippen molar-refractivity contribution in [3.8, 4) is 5.75 Å². The molecule has 0 aliphatic carbocycles. The summed E-state index contributed by atoms with van der Waals surface area (Å²) in [6.07, 6.45) is 0.795. The summed E-state index contributed by atoms with van der Waals surface area (Å²) in [4.78, 5) is 21.6. The van der Waals surface area contributed by atoms with Crippen LogP contribution in [0, 0.1) is 13.8 Å². The maximum Gasteiger partial charge on any atom is 0.253 e. The van der Waals surface area contributed by atoms with Gasteiger partial charge >= 0.3 is 0 Å². The first-order valence-corrected chi connectivity index (χ1v) is 14.1. The maximum atomic E-state index is 13.7. The summed E-state index contributed by atoms with van der Waals surface area (Å²) >= 11 is 0. The van der Waals surface area contributed by atoms with Crippen molar-refractivity contribution in [3.63, 3.8) is 0 Å². The number of hydrogen-bond acceptors (Lipinski definition) is 7. The lowest BCUT2D eigenvalue weighted by atomic mass is 10.00. The van der Waals surface area contributed by atoms with Crippen LogP contribution < -0.4 is 15.2 Å². The summed E-state index contributed by atoms with van der Waals surface area (Å²) in [6, 6.07) is 24.4. The van der Waals surface area contributed by atoms with E-state index in [1.807, 2.05) is 48.0 Å². The van der Waals surface area contributed by atoms with Gasteiger partial charge in [0.25, 0.3) is 5.56 Å². The lowest BCUT2D eigenvalue weighted by molar-refractivity contribution is 0.199. The van der Waals surface area contributed by atoms with Crippen molar-refractivity contribution in [1.29, 1.82) is 0 Å². The lowest BCUT2D eigenvalue weighted by Crippen LogP contribution is -2.49. The van der Waals surface area contributed by atoms with Crippen LogP contribution in [0.25, 0.3) is 10.9 Å². The highest BCUT2D eigenvalue weighted by Crippen LogP contribution is 2.30. The van der Waals surface area contributed by atoms with Crippen LogP contribution in [0.3, 0.4) is 0 Å². The molecule has 0 saturated carbocycles. The van der Waals surface area contributed by atoms with Crippen molar-refractivity contribution in [2.75, 3.05) is 38.2 Å². The molecule has 0 unspecified atom stereocenters. The van der Waals surface area contributed by atoms with Gasteiger partial charge in [0, 0.05) is 44.0 Å². The number of fused-ring (bicyclic) bond motifs is 1. The molecular weight excluding hydrogens is 514 g/mol. The second-order valence-electron chi connectivity index (χ2n) is 10.7. The van der Waals surface area contributed by atoms with E-state index < -0.39 is 0 Å². The zero-order chi connectivity index (χ0) is 28.3. The van der Waals surface area contributed by atoms with E-state index in [0.717, 1.165) is 66.1 Å². The molecule has 1 fully saturated rings. The van der Waals surface area contributed by atoms with Gasteiger partial charge in [-0.3, -0.25) is 9.69 Å². The Morgan fingerprint density at radius 3 is 2.44 bits per heavy atom. The molecular formula is C32H35N7O2. The molecule has 3 aromatic carbocycles. The number of aromatic nitrogens is 5. The number of aromatic amines is 1. The largest absolute Gasteiger partial charge is 0.497 e. The van der Waals surface area contributed by atoms with Crippen LogP contribution in [0.2, 0.25) is 0 Å². The Labute approximate surface area is 239 Å². The first kappa shape index (κ1) is 26.7.